The molecule has 3 rings (SSSR count). The van der Waals surface area contributed by atoms with E-state index in [0.717, 1.165) is 34.2 Å². The van der Waals surface area contributed by atoms with Gasteiger partial charge >= 0.3 is 0 Å². The summed E-state index contributed by atoms with van der Waals surface area (Å²) in [4.78, 5) is 80.7. The van der Waals surface area contributed by atoms with Gasteiger partial charge in [-0.3, -0.25) is 33.7 Å². The molecule has 0 aliphatic heterocycles. The Labute approximate surface area is 371 Å². The predicted molar refractivity (Wildman–Crippen MR) is 246 cm³/mol. The van der Waals surface area contributed by atoms with Crippen molar-refractivity contribution in [2.24, 2.45) is 11.8 Å². The maximum absolute atomic E-state index is 14.2. The highest BCUT2D eigenvalue weighted by atomic mass is 32.2. The molecule has 0 radical (unpaired) electrons. The number of aliphatic hydroxyl groups excluding tert-OH is 1. The van der Waals surface area contributed by atoms with E-state index in [4.69, 9.17) is 0 Å². The number of carbonyl (C=O) groups excluding carboxylic acids is 6. The quantitative estimate of drug-likeness (QED) is 0.0631. The number of nitrogens with zero attached hydrogens (tertiary/aromatic N) is 1. The van der Waals surface area contributed by atoms with Crippen LogP contribution in [0, 0.1) is 11.8 Å². The minimum Gasteiger partial charge on any atom is -0.393 e. The zero-order valence-electron chi connectivity index (χ0n) is 37.3. The largest absolute Gasteiger partial charge is 0.393 e. The SMILES string of the molecule is CCCN(CCNC(C)=O)CC(=O)NCc1cccc(CNC(=O)[C@H](C[C@@H](C)O)NC(=O)[C@H](Cc2ccc(-c3ccccc3)cc2)NC(=O)[C@H](CSC)NC(=O)[C@@H](C)C(C)C)c1. The van der Waals surface area contributed by atoms with E-state index in [1.165, 1.54) is 25.6 Å². The van der Waals surface area contributed by atoms with Crippen LogP contribution in [-0.2, 0) is 48.3 Å². The van der Waals surface area contributed by atoms with Gasteiger partial charge in [-0.1, -0.05) is 107 Å². The van der Waals surface area contributed by atoms with Gasteiger partial charge in [-0.05, 0) is 59.9 Å². The van der Waals surface area contributed by atoms with Gasteiger partial charge in [-0.25, -0.2) is 0 Å². The summed E-state index contributed by atoms with van der Waals surface area (Å²) in [7, 11) is 0. The summed E-state index contributed by atoms with van der Waals surface area (Å²) in [6.07, 6.45) is 1.75. The van der Waals surface area contributed by atoms with Crippen LogP contribution >= 0.6 is 11.8 Å². The molecule has 0 heterocycles. The van der Waals surface area contributed by atoms with Crippen molar-refractivity contribution in [3.8, 4) is 11.1 Å². The Morgan fingerprint density at radius 2 is 1.26 bits per heavy atom. The fraction of sp³-hybridized carbons (Fsp3) is 0.489. The van der Waals surface area contributed by atoms with E-state index in [-0.39, 0.29) is 67.8 Å². The average Bonchev–Trinajstić information content (AvgIpc) is 3.24. The molecule has 0 saturated heterocycles. The molecule has 15 heteroatoms. The van der Waals surface area contributed by atoms with Crippen molar-refractivity contribution in [2.45, 2.75) is 98.1 Å². The fourth-order valence-corrected chi connectivity index (χ4v) is 7.15. The third kappa shape index (κ3) is 18.4. The van der Waals surface area contributed by atoms with Crippen molar-refractivity contribution in [3.63, 3.8) is 0 Å². The summed E-state index contributed by atoms with van der Waals surface area (Å²) >= 11 is 1.39. The molecule has 6 amide bonds. The van der Waals surface area contributed by atoms with Gasteiger partial charge in [0, 0.05) is 57.6 Å². The molecule has 0 aliphatic carbocycles. The summed E-state index contributed by atoms with van der Waals surface area (Å²) < 4.78 is 0. The molecule has 0 unspecified atom stereocenters. The molecule has 0 aromatic heterocycles. The van der Waals surface area contributed by atoms with Crippen LogP contribution in [0.4, 0.5) is 0 Å². The van der Waals surface area contributed by atoms with Crippen LogP contribution in [0.15, 0.2) is 78.9 Å². The van der Waals surface area contributed by atoms with Gasteiger partial charge < -0.3 is 37.0 Å². The van der Waals surface area contributed by atoms with E-state index in [9.17, 15) is 33.9 Å². The van der Waals surface area contributed by atoms with Gasteiger partial charge in [0.2, 0.25) is 35.4 Å². The first-order chi connectivity index (χ1) is 29.6. The van der Waals surface area contributed by atoms with Gasteiger partial charge in [0.05, 0.1) is 12.6 Å². The first-order valence-corrected chi connectivity index (χ1v) is 22.8. The maximum Gasteiger partial charge on any atom is 0.244 e. The first kappa shape index (κ1) is 51.1. The van der Waals surface area contributed by atoms with E-state index in [1.807, 2.05) is 111 Å². The first-order valence-electron chi connectivity index (χ1n) is 21.4. The van der Waals surface area contributed by atoms with Crippen LogP contribution in [0.3, 0.4) is 0 Å². The summed E-state index contributed by atoms with van der Waals surface area (Å²) in [5.74, 6) is -2.21. The lowest BCUT2D eigenvalue weighted by Crippen LogP contribution is -2.58. The second-order valence-corrected chi connectivity index (χ2v) is 17.0. The van der Waals surface area contributed by atoms with E-state index >= 15 is 0 Å². The molecular formula is C47H67N7O7S. The van der Waals surface area contributed by atoms with Gasteiger partial charge in [-0.15, -0.1) is 0 Å². The summed E-state index contributed by atoms with van der Waals surface area (Å²) in [6.45, 7) is 13.0. The zero-order chi connectivity index (χ0) is 45.6. The lowest BCUT2D eigenvalue weighted by atomic mass is 9.97. The number of hydrogen-bond acceptors (Lipinski definition) is 9. The number of rotatable bonds is 26. The number of aliphatic hydroxyl groups is 1. The number of nitrogens with one attached hydrogen (secondary N) is 6. The molecule has 7 N–H and O–H groups in total. The van der Waals surface area contributed by atoms with Gasteiger partial charge in [0.15, 0.2) is 0 Å². The smallest absolute Gasteiger partial charge is 0.244 e. The zero-order valence-corrected chi connectivity index (χ0v) is 38.1. The van der Waals surface area contributed by atoms with E-state index in [1.54, 1.807) is 6.92 Å². The van der Waals surface area contributed by atoms with Gasteiger partial charge in [0.1, 0.15) is 18.1 Å². The Balaban J connectivity index is 1.74. The number of thioether (sulfide) groups is 1. The number of hydrogen-bond donors (Lipinski definition) is 7. The summed E-state index contributed by atoms with van der Waals surface area (Å²) in [5, 5.41) is 27.5. The highest BCUT2D eigenvalue weighted by molar-refractivity contribution is 7.98. The van der Waals surface area contributed by atoms with E-state index < -0.39 is 42.0 Å². The van der Waals surface area contributed by atoms with Crippen LogP contribution < -0.4 is 31.9 Å². The second-order valence-electron chi connectivity index (χ2n) is 16.1. The van der Waals surface area contributed by atoms with E-state index in [0.29, 0.717) is 19.6 Å². The standard InChI is InChI=1S/C47H67N7O7S/c1-8-22-54(23-21-48-34(6)56)29-43(57)49-27-36-13-12-14-37(25-36)28-50-45(59)40(24-32(4)55)51-46(60)41(26-35-17-19-39(20-18-35)38-15-10-9-11-16-38)52-47(61)42(30-62-7)53-44(58)33(5)31(2)3/h9-20,25,31-33,40-42,55H,8,21-24,26-30H2,1-7H3,(H,48,56)(H,49,57)(H,50,59)(H,51,60)(H,52,61)(H,53,58)/t32-,33+,40+,41+,42+/m1/s1. The molecule has 3 aromatic carbocycles. The monoisotopic (exact) mass is 873 g/mol. The van der Waals surface area contributed by atoms with Crippen LogP contribution in [0.5, 0.6) is 0 Å². The topological polar surface area (TPSA) is 198 Å². The average molecular weight is 874 g/mol. The van der Waals surface area contributed by atoms with Gasteiger partial charge in [0.25, 0.3) is 0 Å². The van der Waals surface area contributed by atoms with E-state index in [2.05, 4.69) is 31.9 Å². The molecule has 14 nitrogen and oxygen atoms in total. The fourth-order valence-electron chi connectivity index (χ4n) is 6.58. The van der Waals surface area contributed by atoms with Crippen molar-refractivity contribution in [1.82, 2.24) is 36.8 Å². The highest BCUT2D eigenvalue weighted by Crippen LogP contribution is 2.20. The van der Waals surface area contributed by atoms with Gasteiger partial charge in [-0.2, -0.15) is 11.8 Å². The molecular weight excluding hydrogens is 807 g/mol. The lowest BCUT2D eigenvalue weighted by molar-refractivity contribution is -0.134. The Kier molecular flexibility index (Phi) is 22.2. The maximum atomic E-state index is 14.2. The third-order valence-corrected chi connectivity index (χ3v) is 11.0. The molecule has 0 spiro atoms. The van der Waals surface area contributed by atoms with Crippen LogP contribution in [0.1, 0.15) is 71.1 Å². The minimum atomic E-state index is -1.14. The van der Waals surface area contributed by atoms with Crippen molar-refractivity contribution < 1.29 is 33.9 Å². The Hall–Kier alpha value is -5.25. The molecule has 3 aromatic rings. The summed E-state index contributed by atoms with van der Waals surface area (Å²) in [5.41, 5.74) is 4.35. The van der Waals surface area contributed by atoms with Crippen molar-refractivity contribution in [3.05, 3.63) is 95.6 Å². The molecule has 338 valence electrons. The molecule has 0 bridgehead atoms. The Morgan fingerprint density at radius 1 is 0.661 bits per heavy atom. The highest BCUT2D eigenvalue weighted by Gasteiger charge is 2.31. The van der Waals surface area contributed by atoms with Crippen LogP contribution in [0.2, 0.25) is 0 Å². The Morgan fingerprint density at radius 3 is 1.85 bits per heavy atom. The number of carbonyl (C=O) groups is 6. The van der Waals surface area contributed by atoms with Crippen LogP contribution in [0.25, 0.3) is 11.1 Å². The third-order valence-electron chi connectivity index (χ3n) is 10.4. The Bertz CT molecular complexity index is 1890. The van der Waals surface area contributed by atoms with Crippen molar-refractivity contribution in [2.75, 3.05) is 38.2 Å². The molecule has 0 saturated carbocycles. The lowest BCUT2D eigenvalue weighted by Gasteiger charge is -2.26. The van der Waals surface area contributed by atoms with Crippen LogP contribution in [-0.4, -0.2) is 108 Å². The van der Waals surface area contributed by atoms with Crippen molar-refractivity contribution >= 4 is 47.2 Å². The van der Waals surface area contributed by atoms with Crippen molar-refractivity contribution in [1.29, 1.82) is 0 Å². The normalized spacial score (nSPS) is 13.6. The number of amides is 6. The second kappa shape index (κ2) is 26.9. The molecule has 0 fully saturated rings. The number of benzene rings is 3. The minimum absolute atomic E-state index is 0.0559. The summed E-state index contributed by atoms with van der Waals surface area (Å²) in [6, 6.07) is 21.7. The molecule has 5 atom stereocenters. The molecule has 0 aliphatic rings. The molecule has 62 heavy (non-hydrogen) atoms. The predicted octanol–water partition coefficient (Wildman–Crippen LogP) is 3.56.